The van der Waals surface area contributed by atoms with Gasteiger partial charge in [0, 0.05) is 25.5 Å². The molecule has 0 radical (unpaired) electrons. The van der Waals surface area contributed by atoms with E-state index in [-0.39, 0.29) is 11.5 Å². The number of carbonyl (C=O) groups is 1. The third-order valence-electron chi connectivity index (χ3n) is 2.05. The van der Waals surface area contributed by atoms with Crippen molar-refractivity contribution in [3.05, 3.63) is 27.7 Å². The average molecular weight is 367 g/mol. The van der Waals surface area contributed by atoms with Gasteiger partial charge in [-0.25, -0.2) is 4.68 Å². The Morgan fingerprint density at radius 2 is 2.22 bits per heavy atom. The van der Waals surface area contributed by atoms with Gasteiger partial charge >= 0.3 is 6.55 Å². The molecular formula is C9H8F2IN5O. The fraction of sp³-hybridized carbons (Fsp3) is 0.222. The van der Waals surface area contributed by atoms with Crippen LogP contribution < -0.4 is 5.32 Å². The van der Waals surface area contributed by atoms with Gasteiger partial charge in [-0.3, -0.25) is 9.48 Å². The monoisotopic (exact) mass is 367 g/mol. The zero-order chi connectivity index (χ0) is 13.3. The molecule has 1 N–H and O–H groups in total. The molecule has 0 aliphatic heterocycles. The number of amides is 1. The Hall–Kier alpha value is -1.52. The van der Waals surface area contributed by atoms with Crippen LogP contribution in [0, 0.1) is 3.57 Å². The highest BCUT2D eigenvalue weighted by molar-refractivity contribution is 14.1. The SMILES string of the molecule is Cn1cc(I)c(C(=O)Nc2ccn(C(F)F)n2)n1. The number of nitrogens with zero attached hydrogens (tertiary/aromatic N) is 4. The highest BCUT2D eigenvalue weighted by atomic mass is 127. The number of hydrogen-bond acceptors (Lipinski definition) is 3. The minimum absolute atomic E-state index is 0.0572. The van der Waals surface area contributed by atoms with Gasteiger partial charge in [-0.05, 0) is 22.6 Å². The highest BCUT2D eigenvalue weighted by Crippen LogP contribution is 2.14. The summed E-state index contributed by atoms with van der Waals surface area (Å²) in [6.07, 6.45) is 2.76. The maximum absolute atomic E-state index is 12.3. The molecule has 0 aromatic carbocycles. The summed E-state index contributed by atoms with van der Waals surface area (Å²) in [6, 6.07) is 1.29. The molecule has 2 rings (SSSR count). The van der Waals surface area contributed by atoms with E-state index >= 15 is 0 Å². The van der Waals surface area contributed by atoms with Crippen LogP contribution in [0.5, 0.6) is 0 Å². The van der Waals surface area contributed by atoms with E-state index in [2.05, 4.69) is 15.5 Å². The van der Waals surface area contributed by atoms with Gasteiger partial charge in [-0.2, -0.15) is 19.0 Å². The van der Waals surface area contributed by atoms with Crippen LogP contribution in [0.15, 0.2) is 18.5 Å². The Bertz CT molecular complexity index is 579. The van der Waals surface area contributed by atoms with Gasteiger partial charge in [-0.15, -0.1) is 0 Å². The number of aryl methyl sites for hydroxylation is 1. The lowest BCUT2D eigenvalue weighted by atomic mass is 10.4. The second-order valence-corrected chi connectivity index (χ2v) is 4.57. The van der Waals surface area contributed by atoms with E-state index < -0.39 is 12.5 Å². The standard InChI is InChI=1S/C9H8F2IN5O/c1-16-4-5(12)7(15-16)8(18)13-6-2-3-17(14-6)9(10)11/h2-4,9H,1H3,(H,13,14,18). The van der Waals surface area contributed by atoms with Crippen molar-refractivity contribution < 1.29 is 13.6 Å². The van der Waals surface area contributed by atoms with E-state index in [1.165, 1.54) is 10.7 Å². The number of rotatable bonds is 3. The molecule has 0 saturated heterocycles. The van der Waals surface area contributed by atoms with Crippen molar-refractivity contribution in [2.75, 3.05) is 5.32 Å². The van der Waals surface area contributed by atoms with Crippen molar-refractivity contribution in [2.24, 2.45) is 7.05 Å². The smallest absolute Gasteiger partial charge is 0.304 e. The van der Waals surface area contributed by atoms with Crippen LogP contribution in [-0.2, 0) is 7.05 Å². The van der Waals surface area contributed by atoms with Crippen LogP contribution in [0.4, 0.5) is 14.6 Å². The normalized spacial score (nSPS) is 10.9. The number of nitrogens with one attached hydrogen (secondary N) is 1. The summed E-state index contributed by atoms with van der Waals surface area (Å²) in [5, 5.41) is 9.87. The molecule has 1 amide bonds. The van der Waals surface area contributed by atoms with E-state index in [1.54, 1.807) is 13.2 Å². The summed E-state index contributed by atoms with van der Waals surface area (Å²) >= 11 is 1.97. The lowest BCUT2D eigenvalue weighted by Crippen LogP contribution is -2.15. The summed E-state index contributed by atoms with van der Waals surface area (Å²) in [4.78, 5) is 11.8. The lowest BCUT2D eigenvalue weighted by molar-refractivity contribution is 0.0568. The molecule has 0 atom stereocenters. The van der Waals surface area contributed by atoms with Crippen molar-refractivity contribution in [1.29, 1.82) is 0 Å². The molecule has 0 aliphatic carbocycles. The second kappa shape index (κ2) is 5.00. The molecule has 2 aromatic heterocycles. The molecule has 0 aliphatic rings. The molecule has 96 valence electrons. The molecule has 0 unspecified atom stereocenters. The maximum Gasteiger partial charge on any atom is 0.333 e. The minimum atomic E-state index is -2.73. The molecule has 0 saturated carbocycles. The Kier molecular flexibility index (Phi) is 3.59. The van der Waals surface area contributed by atoms with E-state index in [4.69, 9.17) is 0 Å². The van der Waals surface area contributed by atoms with Gasteiger partial charge in [0.1, 0.15) is 0 Å². The number of aromatic nitrogens is 4. The molecule has 2 heterocycles. The lowest BCUT2D eigenvalue weighted by Gasteiger charge is -2.00. The van der Waals surface area contributed by atoms with Crippen molar-refractivity contribution in [3.8, 4) is 0 Å². The molecule has 0 fully saturated rings. The summed E-state index contributed by atoms with van der Waals surface area (Å²) < 4.78 is 27.2. The number of alkyl halides is 2. The fourth-order valence-corrected chi connectivity index (χ4v) is 2.06. The van der Waals surface area contributed by atoms with Crippen LogP contribution in [0.2, 0.25) is 0 Å². The van der Waals surface area contributed by atoms with Crippen LogP contribution in [0.25, 0.3) is 0 Å². The van der Waals surface area contributed by atoms with Crippen molar-refractivity contribution in [1.82, 2.24) is 19.6 Å². The van der Waals surface area contributed by atoms with Crippen molar-refractivity contribution >= 4 is 34.3 Å². The van der Waals surface area contributed by atoms with Crippen LogP contribution in [0.1, 0.15) is 17.0 Å². The first kappa shape index (κ1) is 12.9. The quantitative estimate of drug-likeness (QED) is 0.843. The molecular weight excluding hydrogens is 359 g/mol. The summed E-state index contributed by atoms with van der Waals surface area (Å²) in [5.74, 6) is -0.429. The van der Waals surface area contributed by atoms with Crippen LogP contribution in [0.3, 0.4) is 0 Å². The third-order valence-corrected chi connectivity index (χ3v) is 2.84. The van der Waals surface area contributed by atoms with Crippen LogP contribution >= 0.6 is 22.6 Å². The number of carbonyl (C=O) groups excluding carboxylic acids is 1. The molecule has 9 heteroatoms. The molecule has 0 spiro atoms. The molecule has 6 nitrogen and oxygen atoms in total. The van der Waals surface area contributed by atoms with Crippen molar-refractivity contribution in [2.45, 2.75) is 6.55 Å². The first-order valence-electron chi connectivity index (χ1n) is 4.81. The molecule has 2 aromatic rings. The Morgan fingerprint density at radius 3 is 2.72 bits per heavy atom. The first-order valence-corrected chi connectivity index (χ1v) is 5.89. The van der Waals surface area contributed by atoms with E-state index in [0.29, 0.717) is 8.25 Å². The summed E-state index contributed by atoms with van der Waals surface area (Å²) in [7, 11) is 1.68. The van der Waals surface area contributed by atoms with Gasteiger partial charge in [0.15, 0.2) is 11.5 Å². The zero-order valence-electron chi connectivity index (χ0n) is 9.14. The van der Waals surface area contributed by atoms with E-state index in [9.17, 15) is 13.6 Å². The average Bonchev–Trinajstić information content (AvgIpc) is 2.85. The largest absolute Gasteiger partial charge is 0.333 e. The third kappa shape index (κ3) is 2.66. The van der Waals surface area contributed by atoms with Crippen molar-refractivity contribution in [3.63, 3.8) is 0 Å². The maximum atomic E-state index is 12.3. The predicted octanol–water partition coefficient (Wildman–Crippen LogP) is 1.87. The van der Waals surface area contributed by atoms with Gasteiger partial charge in [0.05, 0.1) is 3.57 Å². The predicted molar refractivity (Wildman–Crippen MR) is 67.4 cm³/mol. The van der Waals surface area contributed by atoms with Gasteiger partial charge < -0.3 is 5.32 Å². The summed E-state index contributed by atoms with van der Waals surface area (Å²) in [5.41, 5.74) is 0.227. The minimum Gasteiger partial charge on any atom is -0.304 e. The van der Waals surface area contributed by atoms with Gasteiger partial charge in [-0.1, -0.05) is 0 Å². The first-order chi connectivity index (χ1) is 8.47. The number of hydrogen-bond donors (Lipinski definition) is 1. The summed E-state index contributed by atoms with van der Waals surface area (Å²) in [6.45, 7) is -2.73. The van der Waals surface area contributed by atoms with E-state index in [0.717, 1.165) is 6.20 Å². The highest BCUT2D eigenvalue weighted by Gasteiger charge is 2.16. The number of halogens is 3. The zero-order valence-corrected chi connectivity index (χ0v) is 11.3. The topological polar surface area (TPSA) is 64.7 Å². The van der Waals surface area contributed by atoms with Gasteiger partial charge in [0.2, 0.25) is 0 Å². The van der Waals surface area contributed by atoms with Gasteiger partial charge in [0.25, 0.3) is 5.91 Å². The molecule has 18 heavy (non-hydrogen) atoms. The van der Waals surface area contributed by atoms with Crippen LogP contribution in [-0.4, -0.2) is 25.5 Å². The Labute approximate surface area is 114 Å². The molecule has 0 bridgehead atoms. The fourth-order valence-electron chi connectivity index (χ4n) is 1.30. The van der Waals surface area contributed by atoms with E-state index in [1.807, 2.05) is 22.6 Å². The Balaban J connectivity index is 2.13. The number of anilines is 1. The second-order valence-electron chi connectivity index (χ2n) is 3.41. The Morgan fingerprint density at radius 1 is 1.50 bits per heavy atom.